The van der Waals surface area contributed by atoms with Crippen molar-refractivity contribution in [1.29, 1.82) is 0 Å². The first-order valence-corrected chi connectivity index (χ1v) is 10.3. The van der Waals surface area contributed by atoms with E-state index in [1.807, 2.05) is 6.21 Å². The number of nitrogens with zero attached hydrogens (tertiary/aromatic N) is 1. The van der Waals surface area contributed by atoms with Gasteiger partial charge in [0.15, 0.2) is 0 Å². The molecule has 0 heterocycles. The molecule has 3 rings (SSSR count). The van der Waals surface area contributed by atoms with Gasteiger partial charge in [0, 0.05) is 17.3 Å². The first-order chi connectivity index (χ1) is 12.2. The summed E-state index contributed by atoms with van der Waals surface area (Å²) in [4.78, 5) is 4.99. The third-order valence-electron chi connectivity index (χ3n) is 7.32. The number of phenolic OH excluding ortho intramolecular Hbond substituents is 1. The average Bonchev–Trinajstić information content (AvgIpc) is 2.86. The number of aliphatic hydroxyl groups is 1. The molecule has 0 saturated heterocycles. The summed E-state index contributed by atoms with van der Waals surface area (Å²) in [6.45, 7) is 17.4. The van der Waals surface area contributed by atoms with E-state index in [0.717, 1.165) is 30.4 Å². The van der Waals surface area contributed by atoms with Crippen molar-refractivity contribution >= 4 is 6.21 Å². The second-order valence-corrected chi connectivity index (χ2v) is 11.4. The molecule has 2 aliphatic rings. The molecule has 2 bridgehead atoms. The topological polar surface area (TPSA) is 52.8 Å². The van der Waals surface area contributed by atoms with E-state index in [4.69, 9.17) is 4.99 Å². The molecule has 150 valence electrons. The van der Waals surface area contributed by atoms with E-state index in [2.05, 4.69) is 67.5 Å². The summed E-state index contributed by atoms with van der Waals surface area (Å²) < 4.78 is 0. The summed E-state index contributed by atoms with van der Waals surface area (Å²) in [7, 11) is 0. The zero-order valence-corrected chi connectivity index (χ0v) is 18.3. The quantitative estimate of drug-likeness (QED) is 0.689. The van der Waals surface area contributed by atoms with Gasteiger partial charge >= 0.3 is 0 Å². The minimum Gasteiger partial charge on any atom is -0.507 e. The van der Waals surface area contributed by atoms with Gasteiger partial charge < -0.3 is 10.2 Å². The van der Waals surface area contributed by atoms with Gasteiger partial charge in [0.1, 0.15) is 5.75 Å². The lowest BCUT2D eigenvalue weighted by atomic mass is 9.75. The Hall–Kier alpha value is -1.35. The van der Waals surface area contributed by atoms with Crippen molar-refractivity contribution in [3.63, 3.8) is 0 Å². The Labute approximate surface area is 164 Å². The highest BCUT2D eigenvalue weighted by molar-refractivity contribution is 5.85. The third-order valence-corrected chi connectivity index (χ3v) is 7.32. The van der Waals surface area contributed by atoms with Crippen molar-refractivity contribution in [1.82, 2.24) is 0 Å². The van der Waals surface area contributed by atoms with Gasteiger partial charge in [-0.1, -0.05) is 61.5 Å². The lowest BCUT2D eigenvalue weighted by Crippen LogP contribution is -2.44. The van der Waals surface area contributed by atoms with Crippen molar-refractivity contribution in [2.75, 3.05) is 0 Å². The van der Waals surface area contributed by atoms with Gasteiger partial charge in [-0.25, -0.2) is 0 Å². The zero-order valence-electron chi connectivity index (χ0n) is 18.3. The predicted octanol–water partition coefficient (Wildman–Crippen LogP) is 5.35. The number of aromatic hydroxyl groups is 1. The highest BCUT2D eigenvalue weighted by Gasteiger charge is 2.64. The van der Waals surface area contributed by atoms with Crippen molar-refractivity contribution in [3.8, 4) is 5.75 Å². The Bertz CT molecular complexity index is 764. The minimum atomic E-state index is -0.427. The standard InChI is InChI=1S/C24H37NO2/c1-21(2,3)17-11-15(20(27)18(12-17)22(4,5)6)14-25-24-10-9-16(13-19(24)26)23(24,7)8/h11-12,14,16,19,26-27H,9-10,13H2,1-8H3/t16-,19-,24-/m1/s1. The van der Waals surface area contributed by atoms with Crippen molar-refractivity contribution in [3.05, 3.63) is 28.8 Å². The number of benzene rings is 1. The average molecular weight is 372 g/mol. The fourth-order valence-electron chi connectivity index (χ4n) is 5.17. The molecule has 0 unspecified atom stereocenters. The van der Waals surface area contributed by atoms with Gasteiger partial charge in [-0.3, -0.25) is 4.99 Å². The Morgan fingerprint density at radius 1 is 1.07 bits per heavy atom. The first kappa shape index (κ1) is 20.4. The van der Waals surface area contributed by atoms with Crippen LogP contribution in [0.5, 0.6) is 5.75 Å². The van der Waals surface area contributed by atoms with Crippen LogP contribution < -0.4 is 0 Å². The molecule has 0 spiro atoms. The van der Waals surface area contributed by atoms with Gasteiger partial charge in [0.05, 0.1) is 11.6 Å². The molecule has 2 fully saturated rings. The maximum Gasteiger partial charge on any atom is 0.128 e. The maximum atomic E-state index is 11.0. The second kappa shape index (κ2) is 6.07. The van der Waals surface area contributed by atoms with Crippen LogP contribution >= 0.6 is 0 Å². The summed E-state index contributed by atoms with van der Waals surface area (Å²) in [6.07, 6.45) is 4.33. The van der Waals surface area contributed by atoms with Crippen molar-refractivity contribution in [2.45, 2.75) is 97.1 Å². The molecule has 3 nitrogen and oxygen atoms in total. The van der Waals surface area contributed by atoms with E-state index in [0.29, 0.717) is 11.7 Å². The molecule has 1 aromatic carbocycles. The molecule has 0 amide bonds. The Morgan fingerprint density at radius 2 is 1.70 bits per heavy atom. The molecule has 3 heteroatoms. The van der Waals surface area contributed by atoms with Crippen LogP contribution in [-0.2, 0) is 10.8 Å². The molecule has 2 aliphatic carbocycles. The molecule has 27 heavy (non-hydrogen) atoms. The van der Waals surface area contributed by atoms with Gasteiger partial charge in [-0.05, 0) is 53.1 Å². The van der Waals surface area contributed by atoms with E-state index in [1.165, 1.54) is 5.56 Å². The van der Waals surface area contributed by atoms with Gasteiger partial charge in [0.25, 0.3) is 0 Å². The van der Waals surface area contributed by atoms with Crippen LogP contribution in [-0.4, -0.2) is 28.1 Å². The van der Waals surface area contributed by atoms with E-state index < -0.39 is 11.6 Å². The molecule has 1 aromatic rings. The largest absolute Gasteiger partial charge is 0.507 e. The fraction of sp³-hybridized carbons (Fsp3) is 0.708. The monoisotopic (exact) mass is 371 g/mol. The number of rotatable bonds is 2. The zero-order chi connectivity index (χ0) is 20.4. The maximum absolute atomic E-state index is 11.0. The molecular weight excluding hydrogens is 334 g/mol. The minimum absolute atomic E-state index is 0.00691. The summed E-state index contributed by atoms with van der Waals surface area (Å²) >= 11 is 0. The Balaban J connectivity index is 2.11. The molecule has 0 aliphatic heterocycles. The number of hydrogen-bond acceptors (Lipinski definition) is 3. The molecule has 2 N–H and O–H groups in total. The van der Waals surface area contributed by atoms with Crippen LogP contribution in [0.15, 0.2) is 17.1 Å². The fourth-order valence-corrected chi connectivity index (χ4v) is 5.17. The van der Waals surface area contributed by atoms with Gasteiger partial charge in [-0.15, -0.1) is 0 Å². The third kappa shape index (κ3) is 3.12. The number of hydrogen-bond donors (Lipinski definition) is 2. The van der Waals surface area contributed by atoms with Crippen LogP contribution in [0.25, 0.3) is 0 Å². The van der Waals surface area contributed by atoms with E-state index >= 15 is 0 Å². The Morgan fingerprint density at radius 3 is 2.15 bits per heavy atom. The lowest BCUT2D eigenvalue weighted by molar-refractivity contribution is 0.0692. The van der Waals surface area contributed by atoms with Crippen molar-refractivity contribution < 1.29 is 10.2 Å². The highest BCUT2D eigenvalue weighted by atomic mass is 16.3. The number of aliphatic imine (C=N–C) groups is 1. The van der Waals surface area contributed by atoms with E-state index in [-0.39, 0.29) is 16.2 Å². The molecule has 3 atom stereocenters. The molecule has 2 saturated carbocycles. The molecule has 0 aromatic heterocycles. The molecule has 0 radical (unpaired) electrons. The smallest absolute Gasteiger partial charge is 0.128 e. The van der Waals surface area contributed by atoms with Crippen LogP contribution in [0.1, 0.15) is 91.3 Å². The lowest BCUT2D eigenvalue weighted by Gasteiger charge is -2.36. The summed E-state index contributed by atoms with van der Waals surface area (Å²) in [5.41, 5.74) is 2.30. The van der Waals surface area contributed by atoms with E-state index in [1.54, 1.807) is 0 Å². The second-order valence-electron chi connectivity index (χ2n) is 11.4. The Kier molecular flexibility index (Phi) is 4.58. The van der Waals surface area contributed by atoms with Crippen LogP contribution in [0.2, 0.25) is 0 Å². The SMILES string of the molecule is CC(C)(C)c1cc(C=N[C@]23CC[C@H](C[C@H]2O)C3(C)C)c(O)c(C(C)(C)C)c1. The predicted molar refractivity (Wildman–Crippen MR) is 113 cm³/mol. The summed E-state index contributed by atoms with van der Waals surface area (Å²) in [6, 6.07) is 4.19. The summed E-state index contributed by atoms with van der Waals surface area (Å²) in [5.74, 6) is 0.847. The van der Waals surface area contributed by atoms with Crippen molar-refractivity contribution in [2.24, 2.45) is 16.3 Å². The van der Waals surface area contributed by atoms with Crippen LogP contribution in [0.4, 0.5) is 0 Å². The van der Waals surface area contributed by atoms with E-state index in [9.17, 15) is 10.2 Å². The number of fused-ring (bicyclic) bond motifs is 2. The highest BCUT2D eigenvalue weighted by Crippen LogP contribution is 2.62. The van der Waals surface area contributed by atoms with Crippen LogP contribution in [0.3, 0.4) is 0 Å². The number of aliphatic hydroxyl groups excluding tert-OH is 1. The van der Waals surface area contributed by atoms with Crippen LogP contribution in [0, 0.1) is 11.3 Å². The van der Waals surface area contributed by atoms with Gasteiger partial charge in [-0.2, -0.15) is 0 Å². The normalized spacial score (nSPS) is 30.4. The number of phenols is 1. The van der Waals surface area contributed by atoms with Gasteiger partial charge in [0.2, 0.25) is 0 Å². The first-order valence-electron chi connectivity index (χ1n) is 10.3. The molecular formula is C24H37NO2. The summed E-state index contributed by atoms with van der Waals surface area (Å²) in [5, 5.41) is 21.7.